The molecule has 0 bridgehead atoms. The van der Waals surface area contributed by atoms with Gasteiger partial charge in [0, 0.05) is 32.7 Å². The number of hydrogen-bond donors (Lipinski definition) is 0. The Morgan fingerprint density at radius 1 is 0.364 bits per heavy atom. The molecule has 0 spiro atoms. The van der Waals surface area contributed by atoms with E-state index in [1.807, 2.05) is 12.1 Å². The van der Waals surface area contributed by atoms with E-state index in [1.165, 1.54) is 53.9 Å². The number of benzene rings is 7. The van der Waals surface area contributed by atoms with Gasteiger partial charge in [0.05, 0.1) is 0 Å². The fourth-order valence-electron chi connectivity index (χ4n) is 4.98. The molecule has 0 aliphatic heterocycles. The Hall–Kier alpha value is -3.06. The first kappa shape index (κ1) is 20.5. The van der Waals surface area contributed by atoms with Crippen LogP contribution in [0, 0.1) is 12.1 Å². The van der Waals surface area contributed by atoms with Crippen LogP contribution in [0.1, 0.15) is 0 Å². The SMILES string of the molecule is [Y].[c-]1ccc2cc3ccccc3cc2c1-c1[c-]ccc2cc3cc4ccccc4cc3cc12. The molecule has 1 radical (unpaired) electrons. The van der Waals surface area contributed by atoms with Crippen LogP contribution in [0.4, 0.5) is 0 Å². The maximum Gasteiger partial charge on any atom is 0 e. The molecule has 0 N–H and O–H groups in total. The van der Waals surface area contributed by atoms with E-state index in [4.69, 9.17) is 0 Å². The molecular weight excluding hydrogens is 473 g/mol. The molecule has 7 rings (SSSR count). The van der Waals surface area contributed by atoms with Crippen LogP contribution >= 0.6 is 0 Å². The van der Waals surface area contributed by atoms with Crippen LogP contribution in [0.2, 0.25) is 0 Å². The Morgan fingerprint density at radius 2 is 0.727 bits per heavy atom. The molecule has 0 aliphatic carbocycles. The molecule has 0 saturated heterocycles. The van der Waals surface area contributed by atoms with Crippen LogP contribution < -0.4 is 0 Å². The summed E-state index contributed by atoms with van der Waals surface area (Å²) in [5, 5.41) is 12.5. The third-order valence-corrected chi connectivity index (χ3v) is 6.56. The molecule has 151 valence electrons. The Morgan fingerprint density at radius 3 is 1.24 bits per heavy atom. The molecule has 0 fully saturated rings. The van der Waals surface area contributed by atoms with Gasteiger partial charge in [0.15, 0.2) is 0 Å². The maximum atomic E-state index is 3.54. The summed E-state index contributed by atoms with van der Waals surface area (Å²) in [6.07, 6.45) is 0. The van der Waals surface area contributed by atoms with Crippen molar-refractivity contribution in [2.24, 2.45) is 0 Å². The Balaban J connectivity index is 0.00000206. The van der Waals surface area contributed by atoms with Gasteiger partial charge in [-0.1, -0.05) is 72.8 Å². The van der Waals surface area contributed by atoms with Crippen molar-refractivity contribution in [3.63, 3.8) is 0 Å². The van der Waals surface area contributed by atoms with Crippen LogP contribution in [0.5, 0.6) is 0 Å². The molecule has 7 aromatic carbocycles. The Kier molecular flexibility index (Phi) is 5.02. The molecule has 0 aromatic heterocycles. The molecule has 0 aliphatic rings. The van der Waals surface area contributed by atoms with E-state index in [0.717, 1.165) is 11.1 Å². The predicted molar refractivity (Wildman–Crippen MR) is 137 cm³/mol. The number of fused-ring (bicyclic) bond motifs is 5. The van der Waals surface area contributed by atoms with Gasteiger partial charge in [-0.05, 0) is 44.5 Å². The third kappa shape index (κ3) is 3.37. The molecule has 7 aromatic rings. The molecule has 0 nitrogen and oxygen atoms in total. The van der Waals surface area contributed by atoms with Gasteiger partial charge in [0.1, 0.15) is 0 Å². The summed E-state index contributed by atoms with van der Waals surface area (Å²) in [7, 11) is 0. The van der Waals surface area contributed by atoms with E-state index in [1.54, 1.807) is 0 Å². The fourth-order valence-corrected chi connectivity index (χ4v) is 4.98. The normalized spacial score (nSPS) is 11.4. The van der Waals surface area contributed by atoms with Crippen molar-refractivity contribution < 1.29 is 32.7 Å². The van der Waals surface area contributed by atoms with E-state index >= 15 is 0 Å². The summed E-state index contributed by atoms with van der Waals surface area (Å²) in [6, 6.07) is 46.3. The molecule has 0 unspecified atom stereocenters. The van der Waals surface area contributed by atoms with Crippen molar-refractivity contribution in [2.45, 2.75) is 0 Å². The van der Waals surface area contributed by atoms with Gasteiger partial charge in [-0.3, -0.25) is 0 Å². The van der Waals surface area contributed by atoms with Crippen LogP contribution in [0.25, 0.3) is 65.0 Å². The van der Waals surface area contributed by atoms with Crippen molar-refractivity contribution in [1.82, 2.24) is 0 Å². The molecule has 0 atom stereocenters. The van der Waals surface area contributed by atoms with Crippen molar-refractivity contribution in [3.8, 4) is 11.1 Å². The minimum atomic E-state index is 0. The van der Waals surface area contributed by atoms with Crippen molar-refractivity contribution in [3.05, 3.63) is 121 Å². The standard InChI is InChI=1S/C32H18.Y/c1-2-9-23-17-28-20-32-26(18-27(28)16-22(23)8-1)12-6-14-30(32)29-13-5-11-25-15-21-7-3-4-10-24(21)19-31(25)29;/h1-12,15-20H;/q-2;. The van der Waals surface area contributed by atoms with E-state index in [-0.39, 0.29) is 32.7 Å². The number of hydrogen-bond acceptors (Lipinski definition) is 0. The van der Waals surface area contributed by atoms with Crippen LogP contribution in [0.15, 0.2) is 109 Å². The summed E-state index contributed by atoms with van der Waals surface area (Å²) in [6.45, 7) is 0. The summed E-state index contributed by atoms with van der Waals surface area (Å²) < 4.78 is 0. The zero-order valence-corrected chi connectivity index (χ0v) is 20.8. The second-order valence-corrected chi connectivity index (χ2v) is 8.48. The maximum absolute atomic E-state index is 3.54. The molecule has 0 amide bonds. The van der Waals surface area contributed by atoms with E-state index in [0.29, 0.717) is 0 Å². The largest absolute Gasteiger partial charge is 0.218 e. The molecule has 1 heteroatoms. The van der Waals surface area contributed by atoms with Crippen molar-refractivity contribution in [1.29, 1.82) is 0 Å². The van der Waals surface area contributed by atoms with Crippen LogP contribution in [-0.2, 0) is 32.7 Å². The van der Waals surface area contributed by atoms with E-state index in [2.05, 4.69) is 109 Å². The minimum absolute atomic E-state index is 0. The third-order valence-electron chi connectivity index (χ3n) is 6.56. The zero-order chi connectivity index (χ0) is 21.1. The topological polar surface area (TPSA) is 0 Å². The monoisotopic (exact) mass is 491 g/mol. The van der Waals surface area contributed by atoms with Crippen molar-refractivity contribution >= 4 is 53.9 Å². The Labute approximate surface area is 217 Å². The van der Waals surface area contributed by atoms with Gasteiger partial charge in [0.25, 0.3) is 0 Å². The summed E-state index contributed by atoms with van der Waals surface area (Å²) >= 11 is 0. The van der Waals surface area contributed by atoms with Gasteiger partial charge >= 0.3 is 0 Å². The first-order valence-electron chi connectivity index (χ1n) is 10.9. The average Bonchev–Trinajstić information content (AvgIpc) is 2.84. The van der Waals surface area contributed by atoms with Gasteiger partial charge in [-0.2, -0.15) is 24.3 Å². The number of rotatable bonds is 1. The zero-order valence-electron chi connectivity index (χ0n) is 18.0. The van der Waals surface area contributed by atoms with Crippen molar-refractivity contribution in [2.75, 3.05) is 0 Å². The smallest absolute Gasteiger partial charge is 0 e. The quantitative estimate of drug-likeness (QED) is 0.159. The second-order valence-electron chi connectivity index (χ2n) is 8.48. The Bertz CT molecular complexity index is 1830. The summed E-state index contributed by atoms with van der Waals surface area (Å²) in [5.74, 6) is 0. The average molecular weight is 491 g/mol. The van der Waals surface area contributed by atoms with E-state index in [9.17, 15) is 0 Å². The van der Waals surface area contributed by atoms with Crippen LogP contribution in [-0.4, -0.2) is 0 Å². The molecule has 33 heavy (non-hydrogen) atoms. The van der Waals surface area contributed by atoms with Crippen LogP contribution in [0.3, 0.4) is 0 Å². The second kappa shape index (κ2) is 8.06. The van der Waals surface area contributed by atoms with Gasteiger partial charge in [0.2, 0.25) is 0 Å². The minimum Gasteiger partial charge on any atom is -0.218 e. The van der Waals surface area contributed by atoms with Gasteiger partial charge < -0.3 is 0 Å². The molecular formula is C32H18Y-2. The predicted octanol–water partition coefficient (Wildman–Crippen LogP) is 8.72. The summed E-state index contributed by atoms with van der Waals surface area (Å²) in [4.78, 5) is 0. The molecule has 0 saturated carbocycles. The van der Waals surface area contributed by atoms with Gasteiger partial charge in [-0.15, -0.1) is 33.7 Å². The van der Waals surface area contributed by atoms with Gasteiger partial charge in [-0.25, -0.2) is 11.1 Å². The fraction of sp³-hybridized carbons (Fsp3) is 0. The molecule has 0 heterocycles. The summed E-state index contributed by atoms with van der Waals surface area (Å²) in [5.41, 5.74) is 2.22. The first-order valence-corrected chi connectivity index (χ1v) is 10.9. The van der Waals surface area contributed by atoms with E-state index < -0.39 is 0 Å². The first-order chi connectivity index (χ1) is 15.8.